The molecular weight excluding hydrogens is 348 g/mol. The second-order valence-corrected chi connectivity index (χ2v) is 7.20. The van der Waals surface area contributed by atoms with Gasteiger partial charge in [-0.1, -0.05) is 24.3 Å². The minimum Gasteiger partial charge on any atom is -0.463 e. The van der Waals surface area contributed by atoms with Crippen LogP contribution in [0.3, 0.4) is 0 Å². The molecule has 2 N–H and O–H groups in total. The molecule has 2 aromatic rings. The Morgan fingerprint density at radius 1 is 1.15 bits per heavy atom. The first-order chi connectivity index (χ1) is 12.8. The van der Waals surface area contributed by atoms with Gasteiger partial charge in [0, 0.05) is 42.0 Å². The van der Waals surface area contributed by atoms with Crippen LogP contribution >= 0.6 is 0 Å². The Balaban J connectivity index is 1.80. The van der Waals surface area contributed by atoms with Crippen LogP contribution in [0, 0.1) is 0 Å². The van der Waals surface area contributed by atoms with E-state index in [0.717, 1.165) is 10.8 Å². The van der Waals surface area contributed by atoms with Crippen LogP contribution in [-0.2, 0) is 9.53 Å². The molecule has 0 unspecified atom stereocenters. The summed E-state index contributed by atoms with van der Waals surface area (Å²) < 4.78 is 4.88. The molecule has 0 amide bonds. The Morgan fingerprint density at radius 2 is 1.74 bits per heavy atom. The number of fused-ring (bicyclic) bond motifs is 2. The van der Waals surface area contributed by atoms with E-state index in [-0.39, 0.29) is 47.5 Å². The minimum absolute atomic E-state index is 0.0373. The van der Waals surface area contributed by atoms with Crippen LogP contribution in [-0.4, -0.2) is 46.1 Å². The molecule has 0 saturated carbocycles. The standard InChI is InChI=1S/C21H18O6/c1-11(22)27-10-21(26)8-16-18(17(23)9-21)20(25)15-7-13-5-3-2-4-12(13)6-14(15)19(16)24/h2-7,17,23,26H,8-10H2,1H3/t17-,21+/m0/s1. The number of Topliss-reactive ketones (excluding diaryl/α,β-unsaturated/α-hetero) is 2. The Kier molecular flexibility index (Phi) is 3.98. The number of aliphatic hydroxyl groups excluding tert-OH is 1. The van der Waals surface area contributed by atoms with Gasteiger partial charge in [-0.05, 0) is 22.9 Å². The number of ether oxygens (including phenoxy) is 1. The van der Waals surface area contributed by atoms with Crippen LogP contribution in [0.25, 0.3) is 10.8 Å². The van der Waals surface area contributed by atoms with Gasteiger partial charge in [-0.2, -0.15) is 0 Å². The molecule has 0 spiro atoms. The maximum absolute atomic E-state index is 13.1. The molecule has 6 heteroatoms. The Hall–Kier alpha value is -2.83. The second kappa shape index (κ2) is 6.11. The Bertz CT molecular complexity index is 1030. The van der Waals surface area contributed by atoms with Crippen molar-refractivity contribution in [1.29, 1.82) is 0 Å². The fourth-order valence-corrected chi connectivity index (χ4v) is 3.92. The maximum Gasteiger partial charge on any atom is 0.302 e. The molecule has 6 nitrogen and oxygen atoms in total. The van der Waals surface area contributed by atoms with E-state index < -0.39 is 23.5 Å². The van der Waals surface area contributed by atoms with Gasteiger partial charge < -0.3 is 14.9 Å². The van der Waals surface area contributed by atoms with Crippen molar-refractivity contribution in [3.05, 3.63) is 58.7 Å². The zero-order valence-corrected chi connectivity index (χ0v) is 14.7. The van der Waals surface area contributed by atoms with E-state index in [4.69, 9.17) is 4.74 Å². The van der Waals surface area contributed by atoms with Gasteiger partial charge in [0.25, 0.3) is 0 Å². The van der Waals surface area contributed by atoms with Gasteiger partial charge in [-0.15, -0.1) is 0 Å². The van der Waals surface area contributed by atoms with Crippen LogP contribution in [0.5, 0.6) is 0 Å². The van der Waals surface area contributed by atoms with Gasteiger partial charge in [0.15, 0.2) is 11.6 Å². The molecule has 0 aromatic heterocycles. The lowest BCUT2D eigenvalue weighted by molar-refractivity contribution is -0.151. The number of carbonyl (C=O) groups excluding carboxylic acids is 3. The van der Waals surface area contributed by atoms with Crippen molar-refractivity contribution >= 4 is 28.3 Å². The third-order valence-corrected chi connectivity index (χ3v) is 5.18. The van der Waals surface area contributed by atoms with Gasteiger partial charge >= 0.3 is 5.97 Å². The summed E-state index contributed by atoms with van der Waals surface area (Å²) in [4.78, 5) is 37.1. The summed E-state index contributed by atoms with van der Waals surface area (Å²) in [5.41, 5.74) is -0.927. The molecule has 27 heavy (non-hydrogen) atoms. The quantitative estimate of drug-likeness (QED) is 0.788. The van der Waals surface area contributed by atoms with Crippen molar-refractivity contribution in [1.82, 2.24) is 0 Å². The second-order valence-electron chi connectivity index (χ2n) is 7.20. The Labute approximate surface area is 155 Å². The SMILES string of the molecule is CC(=O)OC[C@@]1(O)CC2=C(C(=O)c3cc4ccccc4cc3C2=O)[C@@H](O)C1. The normalized spacial score (nSPS) is 24.6. The molecule has 4 rings (SSSR count). The number of aliphatic hydroxyl groups is 2. The summed E-state index contributed by atoms with van der Waals surface area (Å²) in [6.45, 7) is 0.867. The third kappa shape index (κ3) is 2.87. The number of benzene rings is 2. The molecule has 2 aliphatic carbocycles. The van der Waals surface area contributed by atoms with Crippen LogP contribution in [0.15, 0.2) is 47.5 Å². The van der Waals surface area contributed by atoms with Crippen molar-refractivity contribution < 1.29 is 29.3 Å². The number of hydrogen-bond donors (Lipinski definition) is 2. The zero-order valence-electron chi connectivity index (χ0n) is 14.7. The maximum atomic E-state index is 13.1. The molecule has 0 radical (unpaired) electrons. The molecule has 0 saturated heterocycles. The first-order valence-electron chi connectivity index (χ1n) is 8.68. The highest BCUT2D eigenvalue weighted by molar-refractivity contribution is 6.28. The summed E-state index contributed by atoms with van der Waals surface area (Å²) in [5, 5.41) is 22.9. The average Bonchev–Trinajstić information content (AvgIpc) is 2.63. The molecule has 0 heterocycles. The van der Waals surface area contributed by atoms with Crippen molar-refractivity contribution in [3.8, 4) is 0 Å². The highest BCUT2D eigenvalue weighted by atomic mass is 16.5. The summed E-state index contributed by atoms with van der Waals surface area (Å²) in [6.07, 6.45) is -1.63. The van der Waals surface area contributed by atoms with E-state index in [1.807, 2.05) is 24.3 Å². The van der Waals surface area contributed by atoms with Crippen molar-refractivity contribution in [2.75, 3.05) is 6.61 Å². The first kappa shape index (κ1) is 17.6. The smallest absolute Gasteiger partial charge is 0.302 e. The molecule has 0 aliphatic heterocycles. The van der Waals surface area contributed by atoms with E-state index in [0.29, 0.717) is 0 Å². The lowest BCUT2D eigenvalue weighted by Crippen LogP contribution is -2.47. The molecule has 0 bridgehead atoms. The van der Waals surface area contributed by atoms with Crippen molar-refractivity contribution in [2.45, 2.75) is 31.5 Å². The van der Waals surface area contributed by atoms with Gasteiger partial charge in [0.05, 0.1) is 6.10 Å². The third-order valence-electron chi connectivity index (χ3n) is 5.18. The van der Waals surface area contributed by atoms with Gasteiger partial charge in [-0.3, -0.25) is 14.4 Å². The highest BCUT2D eigenvalue weighted by Gasteiger charge is 2.46. The number of carbonyl (C=O) groups is 3. The van der Waals surface area contributed by atoms with E-state index in [9.17, 15) is 24.6 Å². The van der Waals surface area contributed by atoms with Crippen LogP contribution in [0.2, 0.25) is 0 Å². The zero-order chi connectivity index (χ0) is 19.3. The molecule has 2 aliphatic rings. The molecule has 0 fully saturated rings. The first-order valence-corrected chi connectivity index (χ1v) is 8.68. The number of rotatable bonds is 2. The van der Waals surface area contributed by atoms with E-state index >= 15 is 0 Å². The summed E-state index contributed by atoms with van der Waals surface area (Å²) in [7, 11) is 0. The van der Waals surface area contributed by atoms with Crippen molar-refractivity contribution in [2.24, 2.45) is 0 Å². The minimum atomic E-state index is -1.59. The summed E-state index contributed by atoms with van der Waals surface area (Å²) in [5.74, 6) is -1.35. The molecular formula is C21H18O6. The number of esters is 1. The predicted octanol–water partition coefficient (Wildman–Crippen LogP) is 1.96. The van der Waals surface area contributed by atoms with Gasteiger partial charge in [-0.25, -0.2) is 0 Å². The molecule has 2 atom stereocenters. The molecule has 2 aromatic carbocycles. The fraction of sp³-hybridized carbons (Fsp3) is 0.286. The number of hydrogen-bond acceptors (Lipinski definition) is 6. The van der Waals surface area contributed by atoms with Gasteiger partial charge in [0.1, 0.15) is 12.2 Å². The van der Waals surface area contributed by atoms with Crippen LogP contribution in [0.4, 0.5) is 0 Å². The average molecular weight is 366 g/mol. The predicted molar refractivity (Wildman–Crippen MR) is 96.5 cm³/mol. The monoisotopic (exact) mass is 366 g/mol. The fourth-order valence-electron chi connectivity index (χ4n) is 3.92. The Morgan fingerprint density at radius 3 is 2.33 bits per heavy atom. The van der Waals surface area contributed by atoms with Gasteiger partial charge in [0.2, 0.25) is 0 Å². The number of ketones is 2. The topological polar surface area (TPSA) is 101 Å². The van der Waals surface area contributed by atoms with E-state index in [1.54, 1.807) is 12.1 Å². The highest BCUT2D eigenvalue weighted by Crippen LogP contribution is 2.40. The lowest BCUT2D eigenvalue weighted by Gasteiger charge is -2.38. The van der Waals surface area contributed by atoms with Crippen LogP contribution in [0.1, 0.15) is 40.5 Å². The summed E-state index contributed by atoms with van der Waals surface area (Å²) >= 11 is 0. The van der Waals surface area contributed by atoms with Crippen molar-refractivity contribution in [3.63, 3.8) is 0 Å². The van der Waals surface area contributed by atoms with E-state index in [2.05, 4.69) is 0 Å². The largest absolute Gasteiger partial charge is 0.463 e. The summed E-state index contributed by atoms with van der Waals surface area (Å²) in [6, 6.07) is 10.7. The van der Waals surface area contributed by atoms with Crippen LogP contribution < -0.4 is 0 Å². The molecule has 138 valence electrons. The lowest BCUT2D eigenvalue weighted by atomic mass is 9.71. The van der Waals surface area contributed by atoms with E-state index in [1.165, 1.54) is 6.92 Å².